The Hall–Kier alpha value is -4.59. The van der Waals surface area contributed by atoms with E-state index in [1.165, 1.54) is 23.2 Å². The zero-order valence-corrected chi connectivity index (χ0v) is 21.4. The molecule has 0 saturated heterocycles. The van der Waals surface area contributed by atoms with Gasteiger partial charge in [0.2, 0.25) is 5.91 Å². The Morgan fingerprint density at radius 2 is 1.77 bits per heavy atom. The second-order valence-electron chi connectivity index (χ2n) is 9.97. The van der Waals surface area contributed by atoms with Crippen molar-refractivity contribution in [1.29, 1.82) is 0 Å². The molecule has 39 heavy (non-hydrogen) atoms. The molecule has 0 aliphatic heterocycles. The Morgan fingerprint density at radius 1 is 1.00 bits per heavy atom. The van der Waals surface area contributed by atoms with E-state index in [0.29, 0.717) is 22.4 Å². The molecule has 0 atom stereocenters. The lowest BCUT2D eigenvalue weighted by Crippen LogP contribution is -2.25. The van der Waals surface area contributed by atoms with Crippen LogP contribution in [0.15, 0.2) is 88.9 Å². The molecule has 0 bridgehead atoms. The van der Waals surface area contributed by atoms with Crippen molar-refractivity contribution in [1.82, 2.24) is 14.2 Å². The van der Waals surface area contributed by atoms with E-state index >= 15 is 0 Å². The summed E-state index contributed by atoms with van der Waals surface area (Å²) in [6.45, 7) is 0.0374. The van der Waals surface area contributed by atoms with Gasteiger partial charge in [0, 0.05) is 34.3 Å². The maximum absolute atomic E-state index is 13.5. The van der Waals surface area contributed by atoms with Gasteiger partial charge in [0.15, 0.2) is 0 Å². The number of anilines is 1. The van der Waals surface area contributed by atoms with Crippen molar-refractivity contribution >= 4 is 39.6 Å². The number of rotatable bonds is 6. The van der Waals surface area contributed by atoms with Crippen molar-refractivity contribution in [2.45, 2.75) is 44.6 Å². The van der Waals surface area contributed by atoms with Gasteiger partial charge in [-0.1, -0.05) is 55.7 Å². The van der Waals surface area contributed by atoms with Gasteiger partial charge < -0.3 is 9.88 Å². The molecule has 8 heteroatoms. The van der Waals surface area contributed by atoms with Crippen LogP contribution in [0, 0.1) is 5.82 Å². The molecule has 1 aliphatic rings. The first-order valence-corrected chi connectivity index (χ1v) is 13.3. The fraction of sp³-hybridized carbons (Fsp3) is 0.226. The Kier molecular flexibility index (Phi) is 6.75. The van der Waals surface area contributed by atoms with Crippen LogP contribution in [0.5, 0.6) is 0 Å². The summed E-state index contributed by atoms with van der Waals surface area (Å²) in [5.74, 6) is 0.192. The van der Waals surface area contributed by atoms with Crippen LogP contribution in [0.1, 0.15) is 49.4 Å². The molecule has 196 valence electrons. The molecule has 0 unspecified atom stereocenters. The van der Waals surface area contributed by atoms with E-state index in [-0.39, 0.29) is 23.9 Å². The summed E-state index contributed by atoms with van der Waals surface area (Å²) in [5, 5.41) is 8.86. The third-order valence-corrected chi connectivity index (χ3v) is 7.30. The molecule has 1 saturated carbocycles. The molecule has 0 spiro atoms. The third-order valence-electron chi connectivity index (χ3n) is 7.30. The smallest absolute Gasteiger partial charge is 0.282 e. The van der Waals surface area contributed by atoms with Crippen molar-refractivity contribution in [3.05, 3.63) is 107 Å². The zero-order chi connectivity index (χ0) is 26.8. The molecule has 1 aliphatic carbocycles. The van der Waals surface area contributed by atoms with Crippen molar-refractivity contribution in [2.24, 2.45) is 5.10 Å². The number of fused-ring (bicyclic) bond motifs is 2. The maximum Gasteiger partial charge on any atom is 0.282 e. The summed E-state index contributed by atoms with van der Waals surface area (Å²) < 4.78 is 16.8. The number of nitrogens with zero attached hydrogens (tertiary/aromatic N) is 4. The van der Waals surface area contributed by atoms with Gasteiger partial charge in [-0.05, 0) is 49.2 Å². The van der Waals surface area contributed by atoms with Gasteiger partial charge in [-0.15, -0.1) is 0 Å². The Morgan fingerprint density at radius 3 is 2.59 bits per heavy atom. The number of amides is 1. The highest BCUT2D eigenvalue weighted by Crippen LogP contribution is 2.32. The predicted molar refractivity (Wildman–Crippen MR) is 152 cm³/mol. The monoisotopic (exact) mass is 521 g/mol. The molecule has 7 nitrogen and oxygen atoms in total. The van der Waals surface area contributed by atoms with Crippen LogP contribution in [0.2, 0.25) is 0 Å². The third kappa shape index (κ3) is 5.10. The van der Waals surface area contributed by atoms with Crippen LogP contribution < -0.4 is 10.9 Å². The summed E-state index contributed by atoms with van der Waals surface area (Å²) in [4.78, 5) is 31.2. The van der Waals surface area contributed by atoms with E-state index in [0.717, 1.165) is 42.1 Å². The first kappa shape index (κ1) is 24.7. The van der Waals surface area contributed by atoms with Gasteiger partial charge in [-0.2, -0.15) is 9.78 Å². The second kappa shape index (κ2) is 10.6. The number of halogens is 1. The van der Waals surface area contributed by atoms with E-state index < -0.39 is 5.82 Å². The fourth-order valence-electron chi connectivity index (χ4n) is 5.43. The Bertz CT molecular complexity index is 1760. The zero-order valence-electron chi connectivity index (χ0n) is 21.4. The molecule has 1 N–H and O–H groups in total. The van der Waals surface area contributed by atoms with Gasteiger partial charge in [0.1, 0.15) is 18.2 Å². The molecule has 3 aromatic carbocycles. The highest BCUT2D eigenvalue weighted by atomic mass is 19.1. The van der Waals surface area contributed by atoms with Crippen LogP contribution in [0.25, 0.3) is 21.8 Å². The van der Waals surface area contributed by atoms with E-state index in [1.54, 1.807) is 24.4 Å². The van der Waals surface area contributed by atoms with Crippen LogP contribution in [-0.2, 0) is 11.3 Å². The van der Waals surface area contributed by atoms with Gasteiger partial charge in [0.25, 0.3) is 5.56 Å². The minimum atomic E-state index is -0.413. The van der Waals surface area contributed by atoms with E-state index in [1.807, 2.05) is 53.2 Å². The van der Waals surface area contributed by atoms with Crippen LogP contribution in [-0.4, -0.2) is 26.3 Å². The number of hydrogen-bond donors (Lipinski definition) is 1. The minimum absolute atomic E-state index is 0.0374. The lowest BCUT2D eigenvalue weighted by molar-refractivity contribution is -0.116. The Labute approximate surface area is 224 Å². The number of nitrogens with one attached hydrogen (secondary N) is 1. The summed E-state index contributed by atoms with van der Waals surface area (Å²) in [7, 11) is 0. The lowest BCUT2D eigenvalue weighted by Gasteiger charge is -2.22. The molecule has 0 radical (unpaired) electrons. The maximum atomic E-state index is 13.5. The molecule has 5 aromatic rings. The number of hydrogen-bond acceptors (Lipinski definition) is 4. The van der Waals surface area contributed by atoms with Gasteiger partial charge in [-0.3, -0.25) is 9.59 Å². The quantitative estimate of drug-likeness (QED) is 0.276. The minimum Gasteiger partial charge on any atom is -0.337 e. The standard InChI is InChI=1S/C31H28FN5O2/c32-23-11-8-12-24(17-23)34-29(38)20-36-19-22(25-13-5-7-16-28(25)36)18-33-37-30(21-9-2-1-3-10-21)35-27-15-6-4-14-26(27)31(37)39/h4-8,11-19,21H,1-3,9-10,20H2,(H,34,38). The van der Waals surface area contributed by atoms with E-state index in [9.17, 15) is 14.0 Å². The fourth-order valence-corrected chi connectivity index (χ4v) is 5.43. The number of carbonyl (C=O) groups is 1. The van der Waals surface area contributed by atoms with E-state index in [4.69, 9.17) is 4.98 Å². The second-order valence-corrected chi connectivity index (χ2v) is 9.97. The normalized spacial score (nSPS) is 14.4. The lowest BCUT2D eigenvalue weighted by atomic mass is 9.88. The van der Waals surface area contributed by atoms with Gasteiger partial charge in [0.05, 0.1) is 17.1 Å². The number of para-hydroxylation sites is 2. The van der Waals surface area contributed by atoms with Crippen molar-refractivity contribution < 1.29 is 9.18 Å². The summed E-state index contributed by atoms with van der Waals surface area (Å²) in [5.41, 5.74) is 2.53. The van der Waals surface area contributed by atoms with Gasteiger partial charge in [-0.25, -0.2) is 9.37 Å². The molecule has 1 amide bonds. The van der Waals surface area contributed by atoms with Crippen LogP contribution in [0.4, 0.5) is 10.1 Å². The van der Waals surface area contributed by atoms with Gasteiger partial charge >= 0.3 is 0 Å². The number of benzene rings is 3. The van der Waals surface area contributed by atoms with E-state index in [2.05, 4.69) is 10.4 Å². The largest absolute Gasteiger partial charge is 0.337 e. The molecular weight excluding hydrogens is 493 g/mol. The van der Waals surface area contributed by atoms with Crippen LogP contribution in [0.3, 0.4) is 0 Å². The first-order chi connectivity index (χ1) is 19.1. The van der Waals surface area contributed by atoms with Crippen molar-refractivity contribution in [3.63, 3.8) is 0 Å². The number of aromatic nitrogens is 3. The molecule has 1 fully saturated rings. The highest BCUT2D eigenvalue weighted by molar-refractivity contribution is 6.00. The molecule has 2 aromatic heterocycles. The molecule has 2 heterocycles. The average Bonchev–Trinajstić information content (AvgIpc) is 3.30. The molecule has 6 rings (SSSR count). The summed E-state index contributed by atoms with van der Waals surface area (Å²) in [6.07, 6.45) is 8.92. The number of carbonyl (C=O) groups excluding carboxylic acids is 1. The van der Waals surface area contributed by atoms with Crippen LogP contribution >= 0.6 is 0 Å². The first-order valence-electron chi connectivity index (χ1n) is 13.3. The SMILES string of the molecule is O=C(Cn1cc(C=Nn2c(C3CCCCC3)nc3ccccc3c2=O)c2ccccc21)Nc1cccc(F)c1. The van der Waals surface area contributed by atoms with Crippen molar-refractivity contribution in [2.75, 3.05) is 5.32 Å². The topological polar surface area (TPSA) is 81.3 Å². The Balaban J connectivity index is 1.36. The average molecular weight is 522 g/mol. The summed E-state index contributed by atoms with van der Waals surface area (Å²) >= 11 is 0. The summed E-state index contributed by atoms with van der Waals surface area (Å²) in [6, 6.07) is 20.9. The molecular formula is C31H28FN5O2. The predicted octanol–water partition coefficient (Wildman–Crippen LogP) is 6.06. The highest BCUT2D eigenvalue weighted by Gasteiger charge is 2.22. The van der Waals surface area contributed by atoms with Crippen molar-refractivity contribution in [3.8, 4) is 0 Å².